The molecular weight excluding hydrogens is 357 g/mol. The molecule has 0 bridgehead atoms. The fourth-order valence-corrected chi connectivity index (χ4v) is 3.89. The van der Waals surface area contributed by atoms with Gasteiger partial charge in [0.1, 0.15) is 0 Å². The molecular formula is C18H14IN. The summed E-state index contributed by atoms with van der Waals surface area (Å²) in [6.07, 6.45) is 2.22. The summed E-state index contributed by atoms with van der Waals surface area (Å²) in [6.45, 7) is 0. The van der Waals surface area contributed by atoms with Crippen LogP contribution in [0.3, 0.4) is 0 Å². The Bertz CT molecular complexity index is 794. The Labute approximate surface area is 132 Å². The molecule has 2 heteroatoms. The van der Waals surface area contributed by atoms with Crippen molar-refractivity contribution >= 4 is 45.0 Å². The highest BCUT2D eigenvalue weighted by molar-refractivity contribution is 14.1. The molecule has 0 aliphatic carbocycles. The maximum Gasteiger partial charge on any atom is 0.0646 e. The second kappa shape index (κ2) is 4.77. The molecule has 20 heavy (non-hydrogen) atoms. The van der Waals surface area contributed by atoms with E-state index in [-0.39, 0.29) is 0 Å². The number of aryl methyl sites for hydroxylation is 2. The molecule has 0 radical (unpaired) electrons. The molecule has 0 aromatic heterocycles. The van der Waals surface area contributed by atoms with Crippen LogP contribution in [-0.4, -0.2) is 0 Å². The van der Waals surface area contributed by atoms with E-state index in [1.165, 1.54) is 33.3 Å². The number of hydrogen-bond donors (Lipinski definition) is 0. The largest absolute Gasteiger partial charge is 0.282 e. The second-order valence-electron chi connectivity index (χ2n) is 5.24. The number of hydrogen-bond acceptors (Lipinski definition) is 1. The molecule has 0 saturated carbocycles. The van der Waals surface area contributed by atoms with Crippen LogP contribution in [0, 0.1) is 0 Å². The van der Waals surface area contributed by atoms with E-state index >= 15 is 0 Å². The van der Waals surface area contributed by atoms with E-state index < -0.39 is 0 Å². The van der Waals surface area contributed by atoms with Gasteiger partial charge in [0.2, 0.25) is 0 Å². The Morgan fingerprint density at radius 1 is 0.700 bits per heavy atom. The summed E-state index contributed by atoms with van der Waals surface area (Å²) in [6, 6.07) is 22.0. The van der Waals surface area contributed by atoms with Gasteiger partial charge in [0.15, 0.2) is 0 Å². The molecule has 0 atom stereocenters. The number of anilines is 2. The fourth-order valence-electron chi connectivity index (χ4n) is 2.97. The van der Waals surface area contributed by atoms with Gasteiger partial charge in [0.05, 0.1) is 34.2 Å². The molecule has 0 amide bonds. The van der Waals surface area contributed by atoms with E-state index in [4.69, 9.17) is 0 Å². The highest BCUT2D eigenvalue weighted by Gasteiger charge is 2.18. The molecule has 0 saturated heterocycles. The van der Waals surface area contributed by atoms with Crippen LogP contribution in [0.25, 0.3) is 10.8 Å². The van der Waals surface area contributed by atoms with Gasteiger partial charge in [-0.25, -0.2) is 0 Å². The Hall–Kier alpha value is -1.55. The summed E-state index contributed by atoms with van der Waals surface area (Å²) in [5, 5.41) is 2.65. The van der Waals surface area contributed by atoms with E-state index in [1.807, 2.05) is 0 Å². The van der Waals surface area contributed by atoms with Crippen LogP contribution in [0.2, 0.25) is 0 Å². The third-order valence-corrected chi connectivity index (χ3v) is 5.06. The first-order valence-corrected chi connectivity index (χ1v) is 7.85. The lowest BCUT2D eigenvalue weighted by atomic mass is 10.0. The molecule has 1 heterocycles. The normalized spacial score (nSPS) is 13.8. The van der Waals surface area contributed by atoms with Gasteiger partial charge in [0, 0.05) is 0 Å². The number of benzene rings is 3. The monoisotopic (exact) mass is 371 g/mol. The molecule has 1 nitrogen and oxygen atoms in total. The van der Waals surface area contributed by atoms with Crippen LogP contribution in [0.1, 0.15) is 11.1 Å². The second-order valence-corrected chi connectivity index (χ2v) is 6.20. The highest BCUT2D eigenvalue weighted by Crippen LogP contribution is 2.40. The smallest absolute Gasteiger partial charge is 0.0646 e. The Morgan fingerprint density at radius 2 is 1.35 bits per heavy atom. The summed E-state index contributed by atoms with van der Waals surface area (Å²) >= 11 is 2.43. The topological polar surface area (TPSA) is 3.24 Å². The SMILES string of the molecule is IN1c2ccccc2CCc2cc3ccccc3cc21. The maximum atomic E-state index is 2.43. The van der Waals surface area contributed by atoms with Crippen molar-refractivity contribution in [3.8, 4) is 0 Å². The molecule has 0 N–H and O–H groups in total. The lowest BCUT2D eigenvalue weighted by Gasteiger charge is -2.19. The van der Waals surface area contributed by atoms with Gasteiger partial charge in [-0.15, -0.1) is 0 Å². The minimum Gasteiger partial charge on any atom is -0.282 e. The number of para-hydroxylation sites is 1. The molecule has 1 aliphatic rings. The summed E-state index contributed by atoms with van der Waals surface area (Å²) in [7, 11) is 0. The number of fused-ring (bicyclic) bond motifs is 3. The van der Waals surface area contributed by atoms with Crippen molar-refractivity contribution in [3.05, 3.63) is 71.8 Å². The Morgan fingerprint density at radius 3 is 2.20 bits per heavy atom. The lowest BCUT2D eigenvalue weighted by Crippen LogP contribution is -2.02. The van der Waals surface area contributed by atoms with E-state index in [2.05, 4.69) is 86.6 Å². The van der Waals surface area contributed by atoms with Crippen LogP contribution in [-0.2, 0) is 12.8 Å². The van der Waals surface area contributed by atoms with Crippen LogP contribution in [0.4, 0.5) is 11.4 Å². The van der Waals surface area contributed by atoms with Crippen LogP contribution >= 0.6 is 22.9 Å². The van der Waals surface area contributed by atoms with Crippen molar-refractivity contribution in [2.45, 2.75) is 12.8 Å². The summed E-state index contributed by atoms with van der Waals surface area (Å²) in [5.41, 5.74) is 5.52. The van der Waals surface area contributed by atoms with Gasteiger partial charge in [-0.05, 0) is 52.9 Å². The van der Waals surface area contributed by atoms with Crippen molar-refractivity contribution in [2.24, 2.45) is 0 Å². The summed E-state index contributed by atoms with van der Waals surface area (Å²) in [5.74, 6) is 0. The van der Waals surface area contributed by atoms with Crippen LogP contribution in [0.15, 0.2) is 60.7 Å². The molecule has 98 valence electrons. The standard InChI is InChI=1S/C18H14IN/c19-20-17-8-4-3-5-13(17)9-10-16-11-14-6-1-2-7-15(14)12-18(16)20/h1-8,11-12H,9-10H2. The third kappa shape index (κ3) is 1.90. The third-order valence-electron chi connectivity index (χ3n) is 4.03. The average Bonchev–Trinajstić information content (AvgIpc) is 2.64. The zero-order valence-corrected chi connectivity index (χ0v) is 13.2. The minimum absolute atomic E-state index is 1.11. The molecule has 4 rings (SSSR count). The van der Waals surface area contributed by atoms with Gasteiger partial charge in [-0.1, -0.05) is 42.5 Å². The molecule has 3 aromatic carbocycles. The molecule has 0 fully saturated rings. The molecule has 3 aromatic rings. The summed E-state index contributed by atoms with van der Waals surface area (Å²) in [4.78, 5) is 0. The van der Waals surface area contributed by atoms with Crippen molar-refractivity contribution < 1.29 is 0 Å². The van der Waals surface area contributed by atoms with Gasteiger partial charge in [0.25, 0.3) is 0 Å². The Kier molecular flexibility index (Phi) is 2.91. The molecule has 0 spiro atoms. The number of nitrogens with zero attached hydrogens (tertiary/aromatic N) is 1. The molecule has 1 aliphatic heterocycles. The van der Waals surface area contributed by atoms with Gasteiger partial charge < -0.3 is 0 Å². The predicted octanol–water partition coefficient (Wildman–Crippen LogP) is 5.43. The van der Waals surface area contributed by atoms with Crippen molar-refractivity contribution in [2.75, 3.05) is 3.11 Å². The maximum absolute atomic E-state index is 2.43. The first-order valence-electron chi connectivity index (χ1n) is 6.88. The quantitative estimate of drug-likeness (QED) is 0.376. The molecule has 0 unspecified atom stereocenters. The zero-order valence-electron chi connectivity index (χ0n) is 11.0. The van der Waals surface area contributed by atoms with Gasteiger partial charge >= 0.3 is 0 Å². The van der Waals surface area contributed by atoms with E-state index in [9.17, 15) is 0 Å². The van der Waals surface area contributed by atoms with Gasteiger partial charge in [-0.2, -0.15) is 0 Å². The fraction of sp³-hybridized carbons (Fsp3) is 0.111. The number of rotatable bonds is 0. The van der Waals surface area contributed by atoms with Crippen molar-refractivity contribution in [3.63, 3.8) is 0 Å². The van der Waals surface area contributed by atoms with Gasteiger partial charge in [-0.3, -0.25) is 3.11 Å². The first-order chi connectivity index (χ1) is 9.83. The average molecular weight is 371 g/mol. The van der Waals surface area contributed by atoms with Crippen molar-refractivity contribution in [1.82, 2.24) is 0 Å². The summed E-state index contributed by atoms with van der Waals surface area (Å²) < 4.78 is 2.31. The highest BCUT2D eigenvalue weighted by atomic mass is 127. The lowest BCUT2D eigenvalue weighted by molar-refractivity contribution is 0.979. The number of halogens is 1. The minimum atomic E-state index is 1.11. The van der Waals surface area contributed by atoms with Crippen molar-refractivity contribution in [1.29, 1.82) is 0 Å². The van der Waals surface area contributed by atoms with Crippen LogP contribution in [0.5, 0.6) is 0 Å². The zero-order chi connectivity index (χ0) is 13.5. The Balaban J connectivity index is 1.96. The van der Waals surface area contributed by atoms with E-state index in [0.29, 0.717) is 0 Å². The predicted molar refractivity (Wildman–Crippen MR) is 94.0 cm³/mol. The van der Waals surface area contributed by atoms with Crippen LogP contribution < -0.4 is 3.11 Å². The van der Waals surface area contributed by atoms with E-state index in [0.717, 1.165) is 12.8 Å². The van der Waals surface area contributed by atoms with E-state index in [1.54, 1.807) is 0 Å². The first kappa shape index (κ1) is 12.2.